The first kappa shape index (κ1) is 19.6. The molecule has 1 amide bonds. The third-order valence-electron chi connectivity index (χ3n) is 5.69. The summed E-state index contributed by atoms with van der Waals surface area (Å²) < 4.78 is 0. The van der Waals surface area contributed by atoms with Gasteiger partial charge in [-0.3, -0.25) is 9.78 Å². The van der Waals surface area contributed by atoms with Gasteiger partial charge in [-0.2, -0.15) is 0 Å². The van der Waals surface area contributed by atoms with Crippen LogP contribution in [0.3, 0.4) is 0 Å². The Bertz CT molecular complexity index is 1030. The number of carbonyl (C=O) groups excluding carboxylic acids is 1. The van der Waals surface area contributed by atoms with Gasteiger partial charge in [-0.25, -0.2) is 0 Å². The highest BCUT2D eigenvalue weighted by atomic mass is 16.4. The minimum absolute atomic E-state index is 0.0140. The van der Waals surface area contributed by atoms with Crippen molar-refractivity contribution in [3.8, 4) is 0 Å². The minimum Gasteiger partial charge on any atom is -0.423 e. The number of nitrogens with zero attached hydrogens (tertiary/aromatic N) is 2. The summed E-state index contributed by atoms with van der Waals surface area (Å²) in [6.07, 6.45) is 3.42. The molecule has 0 saturated carbocycles. The van der Waals surface area contributed by atoms with Crippen LogP contribution in [0.4, 0.5) is 0 Å². The molecule has 4 rings (SSSR count). The fourth-order valence-corrected chi connectivity index (χ4v) is 3.99. The van der Waals surface area contributed by atoms with Crippen molar-refractivity contribution < 1.29 is 14.8 Å². The molecule has 1 aliphatic rings. The van der Waals surface area contributed by atoms with Crippen LogP contribution in [-0.2, 0) is 6.54 Å². The van der Waals surface area contributed by atoms with Crippen LogP contribution >= 0.6 is 0 Å². The molecular formula is C22H24BN3O3. The Morgan fingerprint density at radius 3 is 2.66 bits per heavy atom. The van der Waals surface area contributed by atoms with E-state index < -0.39 is 7.12 Å². The van der Waals surface area contributed by atoms with Crippen molar-refractivity contribution in [1.82, 2.24) is 9.88 Å². The Balaban J connectivity index is 1.45. The quantitative estimate of drug-likeness (QED) is 0.586. The third kappa shape index (κ3) is 4.17. The zero-order valence-electron chi connectivity index (χ0n) is 16.2. The SMILES string of the molecule is NCc1cccc(C2CCN(C(=O)c3cnc4cc(B(O)O)ccc4c3)CC2)c1. The fraction of sp³-hybridized carbons (Fsp3) is 0.273. The van der Waals surface area contributed by atoms with Crippen LogP contribution in [0.5, 0.6) is 0 Å². The van der Waals surface area contributed by atoms with Crippen LogP contribution in [0.15, 0.2) is 54.7 Å². The van der Waals surface area contributed by atoms with E-state index >= 15 is 0 Å². The lowest BCUT2D eigenvalue weighted by molar-refractivity contribution is 0.0712. The van der Waals surface area contributed by atoms with Gasteiger partial charge < -0.3 is 20.7 Å². The Morgan fingerprint density at radius 2 is 1.93 bits per heavy atom. The smallest absolute Gasteiger partial charge is 0.423 e. The maximum atomic E-state index is 13.0. The van der Waals surface area contributed by atoms with E-state index in [9.17, 15) is 14.8 Å². The summed E-state index contributed by atoms with van der Waals surface area (Å²) in [7, 11) is -1.53. The highest BCUT2D eigenvalue weighted by Crippen LogP contribution is 2.29. The molecule has 0 bridgehead atoms. The molecule has 1 aliphatic heterocycles. The average Bonchev–Trinajstić information content (AvgIpc) is 2.78. The van der Waals surface area contributed by atoms with Gasteiger partial charge in [0.25, 0.3) is 5.91 Å². The van der Waals surface area contributed by atoms with Gasteiger partial charge in [0.2, 0.25) is 0 Å². The van der Waals surface area contributed by atoms with Crippen molar-refractivity contribution >= 4 is 29.4 Å². The van der Waals surface area contributed by atoms with E-state index in [0.29, 0.717) is 42.1 Å². The molecule has 3 aromatic rings. The maximum Gasteiger partial charge on any atom is 0.488 e. The number of likely N-dealkylation sites (tertiary alicyclic amines) is 1. The standard InChI is InChI=1S/C22H24BN3O3/c24-13-15-2-1-3-17(10-15)16-6-8-26(9-7-16)22(27)19-11-18-4-5-20(23(28)29)12-21(18)25-14-19/h1-5,10-12,14,16,28-29H,6-9,13,24H2. The van der Waals surface area contributed by atoms with Crippen molar-refractivity contribution in [2.45, 2.75) is 25.3 Å². The summed E-state index contributed by atoms with van der Waals surface area (Å²) in [5.41, 5.74) is 9.76. The van der Waals surface area contributed by atoms with Gasteiger partial charge in [0.05, 0.1) is 11.1 Å². The molecule has 0 aliphatic carbocycles. The molecular weight excluding hydrogens is 365 g/mol. The second kappa shape index (κ2) is 8.33. The highest BCUT2D eigenvalue weighted by Gasteiger charge is 2.25. The van der Waals surface area contributed by atoms with E-state index in [2.05, 4.69) is 23.2 Å². The molecule has 2 heterocycles. The summed E-state index contributed by atoms with van der Waals surface area (Å²) in [5, 5.41) is 19.4. The van der Waals surface area contributed by atoms with E-state index in [4.69, 9.17) is 5.73 Å². The lowest BCUT2D eigenvalue weighted by Gasteiger charge is -2.32. The maximum absolute atomic E-state index is 13.0. The van der Waals surface area contributed by atoms with E-state index in [1.807, 2.05) is 17.0 Å². The number of piperidine rings is 1. The first-order valence-electron chi connectivity index (χ1n) is 9.89. The third-order valence-corrected chi connectivity index (χ3v) is 5.69. The van der Waals surface area contributed by atoms with Gasteiger partial charge in [-0.1, -0.05) is 36.4 Å². The lowest BCUT2D eigenvalue weighted by atomic mass is 9.80. The molecule has 1 saturated heterocycles. The molecule has 2 aromatic carbocycles. The van der Waals surface area contributed by atoms with Gasteiger partial charge >= 0.3 is 7.12 Å². The molecule has 29 heavy (non-hydrogen) atoms. The van der Waals surface area contributed by atoms with Crippen molar-refractivity contribution in [2.75, 3.05) is 13.1 Å². The predicted octanol–water partition coefficient (Wildman–Crippen LogP) is 1.39. The lowest BCUT2D eigenvalue weighted by Crippen LogP contribution is -2.38. The summed E-state index contributed by atoms with van der Waals surface area (Å²) in [4.78, 5) is 19.2. The Labute approximate surface area is 170 Å². The van der Waals surface area contributed by atoms with Crippen LogP contribution in [0.2, 0.25) is 0 Å². The Morgan fingerprint density at radius 1 is 1.14 bits per heavy atom. The van der Waals surface area contributed by atoms with E-state index in [0.717, 1.165) is 23.8 Å². The first-order valence-corrected chi connectivity index (χ1v) is 9.89. The largest absolute Gasteiger partial charge is 0.488 e. The van der Waals surface area contributed by atoms with Crippen molar-refractivity contribution in [3.05, 3.63) is 71.4 Å². The van der Waals surface area contributed by atoms with Gasteiger partial charge in [0.15, 0.2) is 0 Å². The molecule has 4 N–H and O–H groups in total. The van der Waals surface area contributed by atoms with Gasteiger partial charge in [-0.05, 0) is 47.5 Å². The monoisotopic (exact) mass is 389 g/mol. The van der Waals surface area contributed by atoms with Crippen molar-refractivity contribution in [3.63, 3.8) is 0 Å². The zero-order chi connectivity index (χ0) is 20.4. The van der Waals surface area contributed by atoms with Crippen LogP contribution in [0.25, 0.3) is 10.9 Å². The molecule has 0 unspecified atom stereocenters. The normalized spacial score (nSPS) is 14.9. The number of rotatable bonds is 4. The number of benzene rings is 2. The average molecular weight is 389 g/mol. The molecule has 1 fully saturated rings. The minimum atomic E-state index is -1.53. The summed E-state index contributed by atoms with van der Waals surface area (Å²) >= 11 is 0. The highest BCUT2D eigenvalue weighted by molar-refractivity contribution is 6.58. The van der Waals surface area contributed by atoms with Gasteiger partial charge in [-0.15, -0.1) is 0 Å². The molecule has 148 valence electrons. The molecule has 7 heteroatoms. The van der Waals surface area contributed by atoms with Crippen LogP contribution in [0, 0.1) is 0 Å². The Kier molecular flexibility index (Phi) is 5.62. The molecule has 6 nitrogen and oxygen atoms in total. The van der Waals surface area contributed by atoms with Crippen LogP contribution in [-0.4, -0.2) is 46.0 Å². The summed E-state index contributed by atoms with van der Waals surface area (Å²) in [6, 6.07) is 15.2. The summed E-state index contributed by atoms with van der Waals surface area (Å²) in [5.74, 6) is 0.434. The van der Waals surface area contributed by atoms with E-state index in [1.165, 1.54) is 5.56 Å². The number of hydrogen-bond donors (Lipinski definition) is 3. The number of hydrogen-bond acceptors (Lipinski definition) is 5. The fourth-order valence-electron chi connectivity index (χ4n) is 3.99. The molecule has 0 atom stereocenters. The zero-order valence-corrected chi connectivity index (χ0v) is 16.2. The first-order chi connectivity index (χ1) is 14.0. The van der Waals surface area contributed by atoms with Crippen molar-refractivity contribution in [1.29, 1.82) is 0 Å². The molecule has 1 aromatic heterocycles. The number of pyridine rings is 1. The molecule has 0 spiro atoms. The summed E-state index contributed by atoms with van der Waals surface area (Å²) in [6.45, 7) is 1.97. The topological polar surface area (TPSA) is 99.7 Å². The molecule has 0 radical (unpaired) electrons. The van der Waals surface area contributed by atoms with Gasteiger partial charge in [0, 0.05) is 31.2 Å². The second-order valence-corrected chi connectivity index (χ2v) is 7.57. The number of fused-ring (bicyclic) bond motifs is 1. The number of carbonyl (C=O) groups is 1. The van der Waals surface area contributed by atoms with Crippen LogP contribution in [0.1, 0.15) is 40.2 Å². The van der Waals surface area contributed by atoms with Crippen molar-refractivity contribution in [2.24, 2.45) is 5.73 Å². The second-order valence-electron chi connectivity index (χ2n) is 7.57. The van der Waals surface area contributed by atoms with E-state index in [1.54, 1.807) is 24.4 Å². The Hall–Kier alpha value is -2.74. The van der Waals surface area contributed by atoms with E-state index in [-0.39, 0.29) is 5.91 Å². The number of amides is 1. The van der Waals surface area contributed by atoms with Crippen LogP contribution < -0.4 is 11.2 Å². The predicted molar refractivity (Wildman–Crippen MR) is 114 cm³/mol. The number of nitrogens with two attached hydrogens (primary N) is 1. The van der Waals surface area contributed by atoms with Gasteiger partial charge in [0.1, 0.15) is 0 Å². The number of aromatic nitrogens is 1.